The number of aromatic nitrogens is 2. The summed E-state index contributed by atoms with van der Waals surface area (Å²) in [5.74, 6) is -0.561. The Labute approximate surface area is 105 Å². The van der Waals surface area contributed by atoms with Gasteiger partial charge < -0.3 is 5.32 Å². The summed E-state index contributed by atoms with van der Waals surface area (Å²) in [6, 6.07) is 4.51. The van der Waals surface area contributed by atoms with Crippen LogP contribution in [0.4, 0.5) is 10.2 Å². The van der Waals surface area contributed by atoms with Gasteiger partial charge in [0.1, 0.15) is 11.6 Å². The van der Waals surface area contributed by atoms with Gasteiger partial charge in [0, 0.05) is 12.4 Å². The third-order valence-corrected chi connectivity index (χ3v) is 2.57. The van der Waals surface area contributed by atoms with E-state index >= 15 is 0 Å². The van der Waals surface area contributed by atoms with Crippen LogP contribution in [-0.2, 0) is 0 Å². The molecule has 4 nitrogen and oxygen atoms in total. The molecule has 0 atom stereocenters. The van der Waals surface area contributed by atoms with Gasteiger partial charge >= 0.3 is 0 Å². The molecule has 1 N–H and O–H groups in total. The van der Waals surface area contributed by atoms with Crippen molar-refractivity contribution in [1.29, 1.82) is 0 Å². The van der Waals surface area contributed by atoms with E-state index in [2.05, 4.69) is 31.2 Å². The second-order valence-electron chi connectivity index (χ2n) is 3.18. The molecule has 2 aromatic rings. The highest BCUT2D eigenvalue weighted by atomic mass is 79.9. The van der Waals surface area contributed by atoms with Gasteiger partial charge in [-0.05, 0) is 34.1 Å². The van der Waals surface area contributed by atoms with Crippen LogP contribution in [0, 0.1) is 5.82 Å². The predicted octanol–water partition coefficient (Wildman–Crippen LogP) is 2.63. The standard InChI is InChI=1S/C11H7BrFN3O/c12-9-4-8(13)6-15-10(9)16-11(17)7-2-1-3-14-5-7/h1-6H,(H,15,16,17). The number of amides is 1. The van der Waals surface area contributed by atoms with Crippen molar-refractivity contribution in [3.8, 4) is 0 Å². The molecule has 0 aliphatic carbocycles. The van der Waals surface area contributed by atoms with Crippen LogP contribution in [0.2, 0.25) is 0 Å². The third-order valence-electron chi connectivity index (χ3n) is 1.96. The van der Waals surface area contributed by atoms with Gasteiger partial charge in [-0.15, -0.1) is 0 Å². The fraction of sp³-hybridized carbons (Fsp3) is 0. The van der Waals surface area contributed by atoms with E-state index in [1.54, 1.807) is 18.3 Å². The zero-order valence-electron chi connectivity index (χ0n) is 8.52. The molecular formula is C11H7BrFN3O. The maximum absolute atomic E-state index is 12.8. The van der Waals surface area contributed by atoms with Crippen molar-refractivity contribution < 1.29 is 9.18 Å². The second-order valence-corrected chi connectivity index (χ2v) is 4.03. The SMILES string of the molecule is O=C(Nc1ncc(F)cc1Br)c1cccnc1. The van der Waals surface area contributed by atoms with Gasteiger partial charge in [-0.25, -0.2) is 9.37 Å². The summed E-state index contributed by atoms with van der Waals surface area (Å²) in [4.78, 5) is 19.3. The molecule has 17 heavy (non-hydrogen) atoms. The first-order valence-electron chi connectivity index (χ1n) is 4.69. The summed E-state index contributed by atoms with van der Waals surface area (Å²) in [7, 11) is 0. The Balaban J connectivity index is 2.19. The molecule has 6 heteroatoms. The van der Waals surface area contributed by atoms with Crippen molar-refractivity contribution in [2.24, 2.45) is 0 Å². The maximum Gasteiger partial charge on any atom is 0.258 e. The fourth-order valence-electron chi connectivity index (χ4n) is 1.18. The summed E-state index contributed by atoms with van der Waals surface area (Å²) < 4.78 is 13.2. The van der Waals surface area contributed by atoms with Crippen LogP contribution >= 0.6 is 15.9 Å². The lowest BCUT2D eigenvalue weighted by Crippen LogP contribution is -2.13. The Bertz CT molecular complexity index is 548. The monoisotopic (exact) mass is 295 g/mol. The van der Waals surface area contributed by atoms with E-state index in [-0.39, 0.29) is 11.7 Å². The van der Waals surface area contributed by atoms with Crippen LogP contribution in [0.5, 0.6) is 0 Å². The van der Waals surface area contributed by atoms with E-state index in [1.165, 1.54) is 12.3 Å². The molecule has 1 amide bonds. The third kappa shape index (κ3) is 2.85. The van der Waals surface area contributed by atoms with Gasteiger partial charge in [0.15, 0.2) is 0 Å². The molecule has 0 spiro atoms. The number of rotatable bonds is 2. The first-order chi connectivity index (χ1) is 8.16. The second kappa shape index (κ2) is 5.01. The molecule has 0 aromatic carbocycles. The van der Waals surface area contributed by atoms with Gasteiger partial charge in [-0.2, -0.15) is 0 Å². The molecule has 0 fully saturated rings. The van der Waals surface area contributed by atoms with Crippen LogP contribution in [-0.4, -0.2) is 15.9 Å². The molecule has 0 aliphatic heterocycles. The number of hydrogen-bond donors (Lipinski definition) is 1. The van der Waals surface area contributed by atoms with Gasteiger partial charge in [0.25, 0.3) is 5.91 Å². The topological polar surface area (TPSA) is 54.9 Å². The Morgan fingerprint density at radius 3 is 2.88 bits per heavy atom. The van der Waals surface area contributed by atoms with Crippen LogP contribution in [0.3, 0.4) is 0 Å². The van der Waals surface area contributed by atoms with Crippen LogP contribution in [0.25, 0.3) is 0 Å². The first kappa shape index (κ1) is 11.7. The molecule has 0 saturated heterocycles. The lowest BCUT2D eigenvalue weighted by Gasteiger charge is -2.05. The predicted molar refractivity (Wildman–Crippen MR) is 64.1 cm³/mol. The van der Waals surface area contributed by atoms with Gasteiger partial charge in [0.05, 0.1) is 16.2 Å². The Hall–Kier alpha value is -1.82. The van der Waals surface area contributed by atoms with Crippen LogP contribution in [0.15, 0.2) is 41.3 Å². The summed E-state index contributed by atoms with van der Waals surface area (Å²) in [5.41, 5.74) is 0.408. The number of anilines is 1. The van der Waals surface area contributed by atoms with E-state index in [9.17, 15) is 9.18 Å². The average molecular weight is 296 g/mol. The van der Waals surface area contributed by atoms with Gasteiger partial charge in [-0.3, -0.25) is 9.78 Å². The highest BCUT2D eigenvalue weighted by Crippen LogP contribution is 2.20. The average Bonchev–Trinajstić information content (AvgIpc) is 2.34. The minimum absolute atomic E-state index is 0.264. The maximum atomic E-state index is 12.8. The molecule has 0 saturated carbocycles. The summed E-state index contributed by atoms with van der Waals surface area (Å²) >= 11 is 3.12. The molecule has 0 radical (unpaired) electrons. The van der Waals surface area contributed by atoms with E-state index in [4.69, 9.17) is 0 Å². The van der Waals surface area contributed by atoms with Crippen LogP contribution < -0.4 is 5.32 Å². The van der Waals surface area contributed by atoms with Crippen molar-refractivity contribution in [2.45, 2.75) is 0 Å². The van der Waals surface area contributed by atoms with Crippen molar-refractivity contribution in [2.75, 3.05) is 5.32 Å². The highest BCUT2D eigenvalue weighted by molar-refractivity contribution is 9.10. The van der Waals surface area contributed by atoms with Crippen molar-refractivity contribution in [3.05, 3.63) is 52.6 Å². The first-order valence-corrected chi connectivity index (χ1v) is 5.48. The summed E-state index contributed by atoms with van der Waals surface area (Å²) in [5, 5.41) is 2.55. The molecular weight excluding hydrogens is 289 g/mol. The smallest absolute Gasteiger partial charge is 0.258 e. The van der Waals surface area contributed by atoms with Crippen molar-refractivity contribution in [1.82, 2.24) is 9.97 Å². The van der Waals surface area contributed by atoms with E-state index in [0.29, 0.717) is 10.0 Å². The zero-order chi connectivity index (χ0) is 12.3. The van der Waals surface area contributed by atoms with E-state index in [0.717, 1.165) is 6.20 Å². The Kier molecular flexibility index (Phi) is 3.43. The quantitative estimate of drug-likeness (QED) is 0.927. The van der Waals surface area contributed by atoms with Crippen molar-refractivity contribution in [3.63, 3.8) is 0 Å². The van der Waals surface area contributed by atoms with Crippen molar-refractivity contribution >= 4 is 27.7 Å². The molecule has 0 aliphatic rings. The van der Waals surface area contributed by atoms with E-state index < -0.39 is 5.82 Å². The van der Waals surface area contributed by atoms with Gasteiger partial charge in [-0.1, -0.05) is 0 Å². The molecule has 2 heterocycles. The number of nitrogens with zero attached hydrogens (tertiary/aromatic N) is 2. The fourth-order valence-corrected chi connectivity index (χ4v) is 1.60. The lowest BCUT2D eigenvalue weighted by molar-refractivity contribution is 0.102. The zero-order valence-corrected chi connectivity index (χ0v) is 10.1. The summed E-state index contributed by atoms with van der Waals surface area (Å²) in [6.07, 6.45) is 4.04. The number of nitrogens with one attached hydrogen (secondary N) is 1. The largest absolute Gasteiger partial charge is 0.306 e. The summed E-state index contributed by atoms with van der Waals surface area (Å²) in [6.45, 7) is 0. The highest BCUT2D eigenvalue weighted by Gasteiger charge is 2.09. The van der Waals surface area contributed by atoms with Gasteiger partial charge in [0.2, 0.25) is 0 Å². The minimum atomic E-state index is -0.476. The van der Waals surface area contributed by atoms with Crippen LogP contribution in [0.1, 0.15) is 10.4 Å². The Morgan fingerprint density at radius 1 is 1.41 bits per heavy atom. The number of halogens is 2. The lowest BCUT2D eigenvalue weighted by atomic mass is 10.3. The molecule has 2 rings (SSSR count). The minimum Gasteiger partial charge on any atom is -0.306 e. The number of pyridine rings is 2. The van der Waals surface area contributed by atoms with E-state index in [1.807, 2.05) is 0 Å². The Morgan fingerprint density at radius 2 is 2.24 bits per heavy atom. The number of carbonyl (C=O) groups excluding carboxylic acids is 1. The molecule has 2 aromatic heterocycles. The molecule has 0 bridgehead atoms. The number of carbonyl (C=O) groups is 1. The normalized spacial score (nSPS) is 10.0. The molecule has 0 unspecified atom stereocenters. The molecule has 86 valence electrons. The number of hydrogen-bond acceptors (Lipinski definition) is 3.